The first-order chi connectivity index (χ1) is 11.5. The lowest BCUT2D eigenvalue weighted by molar-refractivity contribution is -0.115. The first-order valence-electron chi connectivity index (χ1n) is 7.34. The number of aryl methyl sites for hydroxylation is 1. The van der Waals surface area contributed by atoms with Gasteiger partial charge in [-0.25, -0.2) is 4.79 Å². The monoisotopic (exact) mass is 326 g/mol. The maximum Gasteiger partial charge on any atom is 0.339 e. The summed E-state index contributed by atoms with van der Waals surface area (Å²) < 4.78 is 4.67. The highest BCUT2D eigenvalue weighted by Crippen LogP contribution is 2.15. The Kier molecular flexibility index (Phi) is 5.68. The van der Waals surface area contributed by atoms with Crippen molar-refractivity contribution in [1.82, 2.24) is 5.32 Å². The van der Waals surface area contributed by atoms with Crippen LogP contribution in [-0.4, -0.2) is 31.4 Å². The highest BCUT2D eigenvalue weighted by molar-refractivity contribution is 6.03. The Morgan fingerprint density at radius 1 is 0.958 bits per heavy atom. The van der Waals surface area contributed by atoms with Crippen molar-refractivity contribution in [3.05, 3.63) is 65.2 Å². The molecule has 0 fully saturated rings. The third-order valence-corrected chi connectivity index (χ3v) is 3.41. The van der Waals surface area contributed by atoms with E-state index in [9.17, 15) is 14.4 Å². The summed E-state index contributed by atoms with van der Waals surface area (Å²) >= 11 is 0. The minimum absolute atomic E-state index is 0.206. The lowest BCUT2D eigenvalue weighted by Crippen LogP contribution is -2.33. The quantitative estimate of drug-likeness (QED) is 0.825. The van der Waals surface area contributed by atoms with E-state index in [0.717, 1.165) is 5.56 Å². The molecule has 0 unspecified atom stereocenters. The van der Waals surface area contributed by atoms with Crippen LogP contribution in [0.3, 0.4) is 0 Å². The van der Waals surface area contributed by atoms with Crippen LogP contribution in [-0.2, 0) is 9.53 Å². The fourth-order valence-corrected chi connectivity index (χ4v) is 2.16. The third kappa shape index (κ3) is 4.19. The molecule has 0 heterocycles. The first-order valence-corrected chi connectivity index (χ1v) is 7.34. The van der Waals surface area contributed by atoms with E-state index >= 15 is 0 Å². The fourth-order valence-electron chi connectivity index (χ4n) is 2.16. The minimum atomic E-state index is -0.546. The van der Waals surface area contributed by atoms with Gasteiger partial charge in [-0.2, -0.15) is 0 Å². The van der Waals surface area contributed by atoms with Crippen molar-refractivity contribution >= 4 is 23.5 Å². The Morgan fingerprint density at radius 2 is 1.58 bits per heavy atom. The summed E-state index contributed by atoms with van der Waals surface area (Å²) in [5.74, 6) is -1.31. The average molecular weight is 326 g/mol. The molecule has 2 aromatic carbocycles. The first kappa shape index (κ1) is 17.2. The number of carbonyl (C=O) groups excluding carboxylic acids is 3. The smallest absolute Gasteiger partial charge is 0.339 e. The number of benzene rings is 2. The van der Waals surface area contributed by atoms with Gasteiger partial charge in [-0.05, 0) is 30.7 Å². The van der Waals surface area contributed by atoms with Crippen molar-refractivity contribution < 1.29 is 19.1 Å². The zero-order valence-electron chi connectivity index (χ0n) is 13.5. The number of nitrogens with one attached hydrogen (secondary N) is 2. The van der Waals surface area contributed by atoms with Gasteiger partial charge in [-0.15, -0.1) is 0 Å². The van der Waals surface area contributed by atoms with E-state index in [0.29, 0.717) is 11.3 Å². The van der Waals surface area contributed by atoms with Crippen LogP contribution in [0.5, 0.6) is 0 Å². The van der Waals surface area contributed by atoms with Gasteiger partial charge in [0.2, 0.25) is 5.91 Å². The van der Waals surface area contributed by atoms with Crippen LogP contribution in [0.2, 0.25) is 0 Å². The largest absolute Gasteiger partial charge is 0.465 e. The second kappa shape index (κ2) is 7.92. The molecule has 6 heteroatoms. The molecule has 0 saturated heterocycles. The maximum atomic E-state index is 12.1. The number of hydrogen-bond donors (Lipinski definition) is 2. The zero-order chi connectivity index (χ0) is 17.5. The van der Waals surface area contributed by atoms with Crippen molar-refractivity contribution in [1.29, 1.82) is 0 Å². The predicted molar refractivity (Wildman–Crippen MR) is 89.9 cm³/mol. The normalized spacial score (nSPS) is 9.92. The Balaban J connectivity index is 1.99. The highest BCUT2D eigenvalue weighted by atomic mass is 16.5. The number of hydrogen-bond acceptors (Lipinski definition) is 4. The molecule has 0 aromatic heterocycles. The molecule has 2 aromatic rings. The van der Waals surface area contributed by atoms with E-state index in [1.54, 1.807) is 36.4 Å². The van der Waals surface area contributed by atoms with Gasteiger partial charge in [-0.1, -0.05) is 30.3 Å². The number of rotatable bonds is 5. The minimum Gasteiger partial charge on any atom is -0.465 e. The number of carbonyl (C=O) groups is 3. The zero-order valence-corrected chi connectivity index (χ0v) is 13.5. The van der Waals surface area contributed by atoms with Crippen LogP contribution in [0.1, 0.15) is 26.3 Å². The van der Waals surface area contributed by atoms with E-state index < -0.39 is 11.9 Å². The van der Waals surface area contributed by atoms with Gasteiger partial charge in [0.15, 0.2) is 0 Å². The molecular formula is C18H18N2O4. The molecular weight excluding hydrogens is 308 g/mol. The van der Waals surface area contributed by atoms with Crippen LogP contribution in [0.25, 0.3) is 0 Å². The summed E-state index contributed by atoms with van der Waals surface area (Å²) in [6.07, 6.45) is 0. The maximum absolute atomic E-state index is 12.1. The van der Waals surface area contributed by atoms with Crippen molar-refractivity contribution in [3.63, 3.8) is 0 Å². The van der Waals surface area contributed by atoms with Gasteiger partial charge in [0.05, 0.1) is 24.9 Å². The van der Waals surface area contributed by atoms with Gasteiger partial charge >= 0.3 is 5.97 Å². The summed E-state index contributed by atoms with van der Waals surface area (Å²) in [7, 11) is 1.27. The van der Waals surface area contributed by atoms with Gasteiger partial charge in [0.1, 0.15) is 0 Å². The molecule has 0 aliphatic rings. The lowest BCUT2D eigenvalue weighted by atomic mass is 10.1. The number of para-hydroxylation sites is 1. The van der Waals surface area contributed by atoms with E-state index in [1.165, 1.54) is 7.11 Å². The molecule has 124 valence electrons. The fraction of sp³-hybridized carbons (Fsp3) is 0.167. The van der Waals surface area contributed by atoms with Crippen LogP contribution in [0.15, 0.2) is 48.5 Å². The summed E-state index contributed by atoms with van der Waals surface area (Å²) in [6, 6.07) is 13.6. The van der Waals surface area contributed by atoms with Crippen LogP contribution < -0.4 is 10.6 Å². The highest BCUT2D eigenvalue weighted by Gasteiger charge is 2.14. The van der Waals surface area contributed by atoms with Crippen molar-refractivity contribution in [3.8, 4) is 0 Å². The molecule has 24 heavy (non-hydrogen) atoms. The molecule has 0 spiro atoms. The van der Waals surface area contributed by atoms with Gasteiger partial charge in [-0.3, -0.25) is 9.59 Å². The molecule has 0 radical (unpaired) electrons. The number of esters is 1. The van der Waals surface area contributed by atoms with Crippen LogP contribution >= 0.6 is 0 Å². The van der Waals surface area contributed by atoms with E-state index in [1.807, 2.05) is 19.1 Å². The molecule has 0 atom stereocenters. The molecule has 6 nitrogen and oxygen atoms in total. The van der Waals surface area contributed by atoms with Crippen LogP contribution in [0, 0.1) is 6.92 Å². The molecule has 0 aliphatic heterocycles. The molecule has 2 N–H and O–H groups in total. The van der Waals surface area contributed by atoms with Gasteiger partial charge in [0.25, 0.3) is 5.91 Å². The predicted octanol–water partition coefficient (Wildman–Crippen LogP) is 2.15. The molecule has 0 aliphatic carbocycles. The molecule has 0 saturated carbocycles. The van der Waals surface area contributed by atoms with Crippen molar-refractivity contribution in [2.24, 2.45) is 0 Å². The molecule has 2 amide bonds. The van der Waals surface area contributed by atoms with Crippen molar-refractivity contribution in [2.75, 3.05) is 19.0 Å². The van der Waals surface area contributed by atoms with Gasteiger partial charge in [0, 0.05) is 5.56 Å². The lowest BCUT2D eigenvalue weighted by Gasteiger charge is -2.11. The topological polar surface area (TPSA) is 84.5 Å². The third-order valence-electron chi connectivity index (χ3n) is 3.41. The number of amides is 2. The standard InChI is InChI=1S/C18H18N2O4/c1-12-7-3-4-8-13(12)17(22)19-11-16(21)20-15-10-6-5-9-14(15)18(23)24-2/h3-10H,11H2,1-2H3,(H,19,22)(H,20,21). The van der Waals surface area contributed by atoms with Crippen molar-refractivity contribution in [2.45, 2.75) is 6.92 Å². The summed E-state index contributed by atoms with van der Waals surface area (Å²) in [5.41, 5.74) is 1.92. The Labute approximate surface area is 139 Å². The number of anilines is 1. The summed E-state index contributed by atoms with van der Waals surface area (Å²) in [5, 5.41) is 5.15. The van der Waals surface area contributed by atoms with Gasteiger partial charge < -0.3 is 15.4 Å². The second-order valence-corrected chi connectivity index (χ2v) is 5.08. The Morgan fingerprint density at radius 3 is 2.25 bits per heavy atom. The Bertz CT molecular complexity index is 771. The van der Waals surface area contributed by atoms with E-state index in [2.05, 4.69) is 15.4 Å². The number of ether oxygens (including phenoxy) is 1. The molecule has 2 rings (SSSR count). The average Bonchev–Trinajstić information content (AvgIpc) is 2.60. The Hall–Kier alpha value is -3.15. The number of methoxy groups -OCH3 is 1. The SMILES string of the molecule is COC(=O)c1ccccc1NC(=O)CNC(=O)c1ccccc1C. The second-order valence-electron chi connectivity index (χ2n) is 5.08. The summed E-state index contributed by atoms with van der Waals surface area (Å²) in [6.45, 7) is 1.62. The van der Waals surface area contributed by atoms with E-state index in [-0.39, 0.29) is 18.0 Å². The van der Waals surface area contributed by atoms with Crippen LogP contribution in [0.4, 0.5) is 5.69 Å². The summed E-state index contributed by atoms with van der Waals surface area (Å²) in [4.78, 5) is 35.8. The molecule has 0 bridgehead atoms. The van der Waals surface area contributed by atoms with E-state index in [4.69, 9.17) is 0 Å².